The van der Waals surface area contributed by atoms with Gasteiger partial charge in [0.25, 0.3) is 0 Å². The number of hydrogen-bond acceptors (Lipinski definition) is 4. The molecule has 0 aliphatic carbocycles. The number of nitrogens with zero attached hydrogens (tertiary/aromatic N) is 2. The van der Waals surface area contributed by atoms with Crippen LogP contribution in [-0.2, 0) is 0 Å². The van der Waals surface area contributed by atoms with Crippen LogP contribution in [0, 0.1) is 13.8 Å². The normalized spacial score (nSPS) is 10.9. The van der Waals surface area contributed by atoms with E-state index in [4.69, 9.17) is 0 Å². The van der Waals surface area contributed by atoms with Gasteiger partial charge in [0, 0.05) is 4.90 Å². The Morgan fingerprint density at radius 1 is 1.14 bits per heavy atom. The molecule has 4 nitrogen and oxygen atoms in total. The third-order valence-corrected chi connectivity index (χ3v) is 4.38. The second-order valence-corrected chi connectivity index (χ2v) is 6.28. The SMILES string of the molecule is Cc1nnc(Sc2ccc(C(C)C)cc2)c(C(=O)O)c1C. The molecule has 0 saturated carbocycles. The maximum atomic E-state index is 11.4. The number of benzene rings is 1. The lowest BCUT2D eigenvalue weighted by Gasteiger charge is -2.10. The average molecular weight is 302 g/mol. The van der Waals surface area contributed by atoms with Crippen LogP contribution in [0.15, 0.2) is 34.2 Å². The van der Waals surface area contributed by atoms with E-state index in [0.717, 1.165) is 4.90 Å². The van der Waals surface area contributed by atoms with Crippen LogP contribution < -0.4 is 0 Å². The Bertz CT molecular complexity index is 667. The molecule has 0 aliphatic heterocycles. The van der Waals surface area contributed by atoms with Gasteiger partial charge in [-0.05, 0) is 43.0 Å². The number of aromatic carboxylic acids is 1. The van der Waals surface area contributed by atoms with Gasteiger partial charge in [-0.15, -0.1) is 5.10 Å². The highest BCUT2D eigenvalue weighted by Crippen LogP contribution is 2.31. The largest absolute Gasteiger partial charge is 0.478 e. The Labute approximate surface area is 128 Å². The van der Waals surface area contributed by atoms with Crippen LogP contribution in [0.1, 0.15) is 46.9 Å². The molecule has 0 spiro atoms. The van der Waals surface area contributed by atoms with Crippen LogP contribution in [0.2, 0.25) is 0 Å². The minimum Gasteiger partial charge on any atom is -0.478 e. The molecule has 2 aromatic rings. The van der Waals surface area contributed by atoms with Gasteiger partial charge in [0.1, 0.15) is 5.03 Å². The van der Waals surface area contributed by atoms with E-state index in [1.165, 1.54) is 17.3 Å². The molecule has 1 N–H and O–H groups in total. The first kappa shape index (κ1) is 15.5. The summed E-state index contributed by atoms with van der Waals surface area (Å²) in [5.41, 5.74) is 2.80. The van der Waals surface area contributed by atoms with E-state index in [-0.39, 0.29) is 5.56 Å². The Morgan fingerprint density at radius 2 is 1.76 bits per heavy atom. The van der Waals surface area contributed by atoms with Gasteiger partial charge in [-0.1, -0.05) is 37.7 Å². The summed E-state index contributed by atoms with van der Waals surface area (Å²) in [6.07, 6.45) is 0. The molecule has 0 fully saturated rings. The molecule has 0 amide bonds. The van der Waals surface area contributed by atoms with Crippen molar-refractivity contribution in [3.63, 3.8) is 0 Å². The fourth-order valence-electron chi connectivity index (χ4n) is 1.94. The second kappa shape index (κ2) is 6.26. The molecule has 0 unspecified atom stereocenters. The lowest BCUT2D eigenvalue weighted by Crippen LogP contribution is -2.07. The van der Waals surface area contributed by atoms with Crippen molar-refractivity contribution in [2.75, 3.05) is 0 Å². The van der Waals surface area contributed by atoms with Gasteiger partial charge in [-0.3, -0.25) is 0 Å². The van der Waals surface area contributed by atoms with Gasteiger partial charge in [0.2, 0.25) is 0 Å². The second-order valence-electron chi connectivity index (χ2n) is 5.22. The Morgan fingerprint density at radius 3 is 2.29 bits per heavy atom. The molecule has 0 bridgehead atoms. The summed E-state index contributed by atoms with van der Waals surface area (Å²) < 4.78 is 0. The maximum absolute atomic E-state index is 11.4. The molecule has 0 aliphatic rings. The monoisotopic (exact) mass is 302 g/mol. The van der Waals surface area contributed by atoms with E-state index in [9.17, 15) is 9.90 Å². The number of rotatable bonds is 4. The van der Waals surface area contributed by atoms with E-state index in [1.807, 2.05) is 12.1 Å². The van der Waals surface area contributed by atoms with Gasteiger partial charge in [0.05, 0.1) is 11.3 Å². The van der Waals surface area contributed by atoms with E-state index in [0.29, 0.717) is 22.2 Å². The lowest BCUT2D eigenvalue weighted by atomic mass is 10.0. The van der Waals surface area contributed by atoms with Gasteiger partial charge in [-0.25, -0.2) is 4.79 Å². The molecule has 110 valence electrons. The van der Waals surface area contributed by atoms with Crippen LogP contribution >= 0.6 is 11.8 Å². The number of carboxylic acid groups (broad SMARTS) is 1. The molecule has 21 heavy (non-hydrogen) atoms. The fraction of sp³-hybridized carbons (Fsp3) is 0.312. The van der Waals surface area contributed by atoms with Crippen molar-refractivity contribution >= 4 is 17.7 Å². The summed E-state index contributed by atoms with van der Waals surface area (Å²) in [4.78, 5) is 12.4. The van der Waals surface area contributed by atoms with E-state index in [2.05, 4.69) is 36.2 Å². The van der Waals surface area contributed by atoms with Crippen molar-refractivity contribution in [2.24, 2.45) is 0 Å². The number of carbonyl (C=O) groups is 1. The first-order valence-electron chi connectivity index (χ1n) is 6.75. The standard InChI is InChI=1S/C16H18N2O2S/c1-9(2)12-5-7-13(8-6-12)21-15-14(16(19)20)10(3)11(4)17-18-15/h5-9H,1-4H3,(H,19,20). The number of hydrogen-bond donors (Lipinski definition) is 1. The predicted molar refractivity (Wildman–Crippen MR) is 83.1 cm³/mol. The molecule has 0 radical (unpaired) electrons. The van der Waals surface area contributed by atoms with Crippen molar-refractivity contribution < 1.29 is 9.90 Å². The first-order chi connectivity index (χ1) is 9.90. The van der Waals surface area contributed by atoms with Crippen LogP contribution in [0.5, 0.6) is 0 Å². The van der Waals surface area contributed by atoms with Crippen molar-refractivity contribution in [1.82, 2.24) is 10.2 Å². The Hall–Kier alpha value is -1.88. The zero-order valence-electron chi connectivity index (χ0n) is 12.5. The molecule has 1 aromatic carbocycles. The molecule has 2 rings (SSSR count). The van der Waals surface area contributed by atoms with Crippen molar-refractivity contribution in [3.8, 4) is 0 Å². The minimum atomic E-state index is -0.966. The Balaban J connectivity index is 2.35. The molecular weight excluding hydrogens is 284 g/mol. The topological polar surface area (TPSA) is 63.1 Å². The van der Waals surface area contributed by atoms with Crippen LogP contribution in [0.25, 0.3) is 0 Å². The summed E-state index contributed by atoms with van der Waals surface area (Å²) in [7, 11) is 0. The third-order valence-electron chi connectivity index (χ3n) is 3.40. The van der Waals surface area contributed by atoms with Crippen LogP contribution in [0.4, 0.5) is 0 Å². The van der Waals surface area contributed by atoms with Gasteiger partial charge < -0.3 is 5.11 Å². The van der Waals surface area contributed by atoms with Crippen molar-refractivity contribution in [3.05, 3.63) is 46.6 Å². The first-order valence-corrected chi connectivity index (χ1v) is 7.56. The smallest absolute Gasteiger partial charge is 0.338 e. The van der Waals surface area contributed by atoms with E-state index >= 15 is 0 Å². The average Bonchev–Trinajstić information content (AvgIpc) is 2.43. The molecule has 1 heterocycles. The number of aryl methyl sites for hydroxylation is 1. The van der Waals surface area contributed by atoms with Crippen LogP contribution in [-0.4, -0.2) is 21.3 Å². The molecule has 1 aromatic heterocycles. The van der Waals surface area contributed by atoms with Gasteiger partial charge in [0.15, 0.2) is 0 Å². The van der Waals surface area contributed by atoms with Gasteiger partial charge >= 0.3 is 5.97 Å². The third kappa shape index (κ3) is 3.42. The summed E-state index contributed by atoms with van der Waals surface area (Å²) in [6.45, 7) is 7.80. The summed E-state index contributed by atoms with van der Waals surface area (Å²) >= 11 is 1.33. The highest BCUT2D eigenvalue weighted by atomic mass is 32.2. The van der Waals surface area contributed by atoms with Crippen LogP contribution in [0.3, 0.4) is 0 Å². The molecule has 0 atom stereocenters. The molecular formula is C16H18N2O2S. The summed E-state index contributed by atoms with van der Waals surface area (Å²) in [5.74, 6) is -0.494. The van der Waals surface area contributed by atoms with Crippen molar-refractivity contribution in [1.29, 1.82) is 0 Å². The Kier molecular flexibility index (Phi) is 4.63. The summed E-state index contributed by atoms with van der Waals surface area (Å²) in [6, 6.07) is 8.09. The minimum absolute atomic E-state index is 0.237. The lowest BCUT2D eigenvalue weighted by molar-refractivity contribution is 0.0690. The van der Waals surface area contributed by atoms with E-state index in [1.54, 1.807) is 13.8 Å². The fourth-order valence-corrected chi connectivity index (χ4v) is 2.86. The van der Waals surface area contributed by atoms with E-state index < -0.39 is 5.97 Å². The summed E-state index contributed by atoms with van der Waals surface area (Å²) in [5, 5.41) is 17.9. The molecule has 5 heteroatoms. The molecule has 0 saturated heterocycles. The zero-order chi connectivity index (χ0) is 15.6. The zero-order valence-corrected chi connectivity index (χ0v) is 13.4. The maximum Gasteiger partial charge on any atom is 0.338 e. The highest BCUT2D eigenvalue weighted by Gasteiger charge is 2.18. The van der Waals surface area contributed by atoms with Gasteiger partial charge in [-0.2, -0.15) is 5.10 Å². The number of aromatic nitrogens is 2. The highest BCUT2D eigenvalue weighted by molar-refractivity contribution is 7.99. The van der Waals surface area contributed by atoms with Crippen molar-refractivity contribution in [2.45, 2.75) is 43.5 Å². The number of carboxylic acids is 1. The quantitative estimate of drug-likeness (QED) is 0.922. The predicted octanol–water partition coefficient (Wildman–Crippen LogP) is 4.07.